The van der Waals surface area contributed by atoms with Gasteiger partial charge in [0.25, 0.3) is 0 Å². The van der Waals surface area contributed by atoms with Gasteiger partial charge in [0.15, 0.2) is 0 Å². The fourth-order valence-electron chi connectivity index (χ4n) is 3.57. The Balaban J connectivity index is 1.60. The lowest BCUT2D eigenvalue weighted by atomic mass is 10.0. The van der Waals surface area contributed by atoms with Crippen molar-refractivity contribution in [2.75, 3.05) is 0 Å². The number of carboxylic acid groups (broad SMARTS) is 1. The molecule has 0 aliphatic heterocycles. The van der Waals surface area contributed by atoms with Gasteiger partial charge in [0.2, 0.25) is 0 Å². The van der Waals surface area contributed by atoms with Crippen LogP contribution in [0.25, 0.3) is 11.3 Å². The average molecular weight is 414 g/mol. The molecule has 3 nitrogen and oxygen atoms in total. The standard InChI is InChI=1S/C24H28FNO2S/c1-2-3-4-5-7-18-9-11-19(12-10-18)23-21(25)15-17-26(23)16-6-8-20-13-14-22(29-20)24(27)28/h9-15,17H,2-8,16H2,1H3,(H,27,28). The number of aromatic nitrogens is 1. The summed E-state index contributed by atoms with van der Waals surface area (Å²) >= 11 is 1.31. The van der Waals surface area contributed by atoms with E-state index in [2.05, 4.69) is 19.1 Å². The first-order valence-corrected chi connectivity index (χ1v) is 11.2. The number of hydrogen-bond donors (Lipinski definition) is 1. The molecule has 0 fully saturated rings. The molecule has 0 aliphatic carbocycles. The molecular weight excluding hydrogens is 385 g/mol. The summed E-state index contributed by atoms with van der Waals surface area (Å²) in [6.07, 6.45) is 9.45. The van der Waals surface area contributed by atoms with Crippen LogP contribution in [-0.4, -0.2) is 15.6 Å². The van der Waals surface area contributed by atoms with Crippen LogP contribution in [-0.2, 0) is 19.4 Å². The molecule has 0 unspecified atom stereocenters. The highest BCUT2D eigenvalue weighted by Crippen LogP contribution is 2.26. The number of halogens is 1. The van der Waals surface area contributed by atoms with Gasteiger partial charge in [-0.3, -0.25) is 0 Å². The Morgan fingerprint density at radius 1 is 1.00 bits per heavy atom. The van der Waals surface area contributed by atoms with Crippen molar-refractivity contribution >= 4 is 17.3 Å². The second-order valence-corrected chi connectivity index (χ2v) is 8.56. The number of aryl methyl sites for hydroxylation is 3. The van der Waals surface area contributed by atoms with Crippen molar-refractivity contribution in [3.8, 4) is 11.3 Å². The minimum absolute atomic E-state index is 0.204. The number of unbranched alkanes of at least 4 members (excludes halogenated alkanes) is 3. The second kappa shape index (κ2) is 10.4. The summed E-state index contributed by atoms with van der Waals surface area (Å²) < 4.78 is 16.4. The zero-order chi connectivity index (χ0) is 20.6. The maximum atomic E-state index is 14.4. The predicted octanol–water partition coefficient (Wildman–Crippen LogP) is 6.81. The summed E-state index contributed by atoms with van der Waals surface area (Å²) in [7, 11) is 0. The molecule has 0 saturated carbocycles. The SMILES string of the molecule is CCCCCCc1ccc(-c2c(F)ccn2CCCc2ccc(C(=O)O)s2)cc1. The molecular formula is C24H28FNO2S. The minimum atomic E-state index is -0.884. The van der Waals surface area contributed by atoms with Crippen LogP contribution in [0.2, 0.25) is 0 Å². The molecule has 29 heavy (non-hydrogen) atoms. The van der Waals surface area contributed by atoms with Gasteiger partial charge in [-0.2, -0.15) is 0 Å². The molecule has 0 aliphatic rings. The van der Waals surface area contributed by atoms with Gasteiger partial charge in [-0.25, -0.2) is 9.18 Å². The molecule has 2 aromatic heterocycles. The number of nitrogens with zero attached hydrogens (tertiary/aromatic N) is 1. The molecule has 0 amide bonds. The van der Waals surface area contributed by atoms with Crippen LogP contribution in [0.3, 0.4) is 0 Å². The van der Waals surface area contributed by atoms with Gasteiger partial charge in [-0.15, -0.1) is 11.3 Å². The van der Waals surface area contributed by atoms with Gasteiger partial charge < -0.3 is 9.67 Å². The van der Waals surface area contributed by atoms with Crippen LogP contribution in [0.5, 0.6) is 0 Å². The average Bonchev–Trinajstić information content (AvgIpc) is 3.33. The molecule has 3 aromatic rings. The van der Waals surface area contributed by atoms with Gasteiger partial charge >= 0.3 is 5.97 Å². The zero-order valence-corrected chi connectivity index (χ0v) is 17.7. The summed E-state index contributed by atoms with van der Waals surface area (Å²) in [6.45, 7) is 2.91. The maximum absolute atomic E-state index is 14.4. The van der Waals surface area contributed by atoms with E-state index in [0.717, 1.165) is 29.7 Å². The number of carboxylic acids is 1. The van der Waals surface area contributed by atoms with E-state index in [1.54, 1.807) is 12.3 Å². The molecule has 0 atom stereocenters. The lowest BCUT2D eigenvalue weighted by Crippen LogP contribution is -2.01. The quantitative estimate of drug-likeness (QED) is 0.351. The van der Waals surface area contributed by atoms with Gasteiger partial charge in [0, 0.05) is 23.2 Å². The smallest absolute Gasteiger partial charge is 0.345 e. The third-order valence-corrected chi connectivity index (χ3v) is 6.29. The third-order valence-electron chi connectivity index (χ3n) is 5.16. The van der Waals surface area contributed by atoms with Crippen molar-refractivity contribution in [1.29, 1.82) is 0 Å². The van der Waals surface area contributed by atoms with E-state index in [1.807, 2.05) is 22.8 Å². The van der Waals surface area contributed by atoms with E-state index >= 15 is 0 Å². The number of carbonyl (C=O) groups is 1. The highest BCUT2D eigenvalue weighted by atomic mass is 32.1. The van der Waals surface area contributed by atoms with Gasteiger partial charge in [-0.1, -0.05) is 50.5 Å². The Labute approximate surface area is 175 Å². The van der Waals surface area contributed by atoms with E-state index in [0.29, 0.717) is 17.1 Å². The first-order valence-electron chi connectivity index (χ1n) is 10.3. The van der Waals surface area contributed by atoms with Crippen molar-refractivity contribution in [2.24, 2.45) is 0 Å². The summed E-state index contributed by atoms with van der Waals surface area (Å²) in [5.74, 6) is -1.09. The van der Waals surface area contributed by atoms with E-state index in [-0.39, 0.29) is 5.82 Å². The topological polar surface area (TPSA) is 42.2 Å². The van der Waals surface area contributed by atoms with Crippen molar-refractivity contribution in [3.05, 3.63) is 69.8 Å². The number of hydrogen-bond acceptors (Lipinski definition) is 2. The fourth-order valence-corrected chi connectivity index (χ4v) is 4.46. The summed E-state index contributed by atoms with van der Waals surface area (Å²) in [5, 5.41) is 9.02. The molecule has 5 heteroatoms. The van der Waals surface area contributed by atoms with Crippen LogP contribution in [0, 0.1) is 5.82 Å². The van der Waals surface area contributed by atoms with Gasteiger partial charge in [0.1, 0.15) is 10.7 Å². The third kappa shape index (κ3) is 5.80. The maximum Gasteiger partial charge on any atom is 0.345 e. The van der Waals surface area contributed by atoms with Gasteiger partial charge in [-0.05, 0) is 49.4 Å². The Bertz CT molecular complexity index is 927. The van der Waals surface area contributed by atoms with E-state index < -0.39 is 5.97 Å². The fraction of sp³-hybridized carbons (Fsp3) is 0.375. The van der Waals surface area contributed by atoms with Crippen molar-refractivity contribution in [1.82, 2.24) is 4.57 Å². The minimum Gasteiger partial charge on any atom is -0.477 e. The highest BCUT2D eigenvalue weighted by Gasteiger charge is 2.12. The van der Waals surface area contributed by atoms with Crippen LogP contribution in [0.1, 0.15) is 59.1 Å². The largest absolute Gasteiger partial charge is 0.477 e. The Morgan fingerprint density at radius 2 is 1.79 bits per heavy atom. The highest BCUT2D eigenvalue weighted by molar-refractivity contribution is 7.13. The molecule has 0 saturated heterocycles. The van der Waals surface area contributed by atoms with Crippen molar-refractivity contribution in [3.63, 3.8) is 0 Å². The van der Waals surface area contributed by atoms with Gasteiger partial charge in [0.05, 0.1) is 5.69 Å². The Morgan fingerprint density at radius 3 is 2.48 bits per heavy atom. The lowest BCUT2D eigenvalue weighted by molar-refractivity contribution is 0.0702. The number of thiophene rings is 1. The summed E-state index contributed by atoms with van der Waals surface area (Å²) in [4.78, 5) is 12.4. The first kappa shape index (κ1) is 21.3. The zero-order valence-electron chi connectivity index (χ0n) is 16.9. The molecule has 1 N–H and O–H groups in total. The van der Waals surface area contributed by atoms with E-state index in [1.165, 1.54) is 48.6 Å². The Hall–Kier alpha value is -2.40. The molecule has 3 rings (SSSR count). The lowest BCUT2D eigenvalue weighted by Gasteiger charge is -2.10. The number of rotatable bonds is 11. The molecule has 0 radical (unpaired) electrons. The second-order valence-electron chi connectivity index (χ2n) is 7.39. The van der Waals surface area contributed by atoms with Crippen LogP contribution in [0.4, 0.5) is 4.39 Å². The molecule has 0 bridgehead atoms. The molecule has 2 heterocycles. The first-order chi connectivity index (χ1) is 14.1. The van der Waals surface area contributed by atoms with Crippen LogP contribution >= 0.6 is 11.3 Å². The van der Waals surface area contributed by atoms with Crippen LogP contribution < -0.4 is 0 Å². The van der Waals surface area contributed by atoms with E-state index in [9.17, 15) is 9.18 Å². The number of benzene rings is 1. The monoisotopic (exact) mass is 413 g/mol. The van der Waals surface area contributed by atoms with Crippen molar-refractivity contribution < 1.29 is 14.3 Å². The molecule has 154 valence electrons. The number of aromatic carboxylic acids is 1. The predicted molar refractivity (Wildman–Crippen MR) is 117 cm³/mol. The van der Waals surface area contributed by atoms with E-state index in [4.69, 9.17) is 5.11 Å². The van der Waals surface area contributed by atoms with Crippen molar-refractivity contribution in [2.45, 2.75) is 58.4 Å². The summed E-state index contributed by atoms with van der Waals surface area (Å²) in [5.41, 5.74) is 2.82. The van der Waals surface area contributed by atoms with Crippen LogP contribution in [0.15, 0.2) is 48.7 Å². The molecule has 0 spiro atoms. The normalized spacial score (nSPS) is 11.1. The Kier molecular flexibility index (Phi) is 7.64. The molecule has 1 aromatic carbocycles. The summed E-state index contributed by atoms with van der Waals surface area (Å²) in [6, 6.07) is 13.3.